The Bertz CT molecular complexity index is 272. The minimum atomic E-state index is 0.0586. The van der Waals surface area contributed by atoms with Gasteiger partial charge in [0.15, 0.2) is 0 Å². The molecule has 14 heavy (non-hydrogen) atoms. The number of nitrogens with one attached hydrogen (secondary N) is 1. The van der Waals surface area contributed by atoms with Gasteiger partial charge in [0, 0.05) is 26.6 Å². The minimum absolute atomic E-state index is 0.0586. The van der Waals surface area contributed by atoms with Gasteiger partial charge in [-0.15, -0.1) is 0 Å². The smallest absolute Gasteiger partial charge is 0.225 e. The number of methoxy groups -OCH3 is 1. The molecule has 0 aromatic carbocycles. The highest BCUT2D eigenvalue weighted by molar-refractivity contribution is 5.75. The molecule has 0 spiro atoms. The van der Waals surface area contributed by atoms with E-state index in [9.17, 15) is 4.79 Å². The molecule has 1 aromatic heterocycles. The lowest BCUT2D eigenvalue weighted by atomic mass is 10.4. The predicted molar refractivity (Wildman–Crippen MR) is 51.6 cm³/mol. The van der Waals surface area contributed by atoms with Gasteiger partial charge in [0.25, 0.3) is 0 Å². The fraction of sp³-hybridized carbons (Fsp3) is 0.556. The van der Waals surface area contributed by atoms with Gasteiger partial charge in [-0.2, -0.15) is 0 Å². The van der Waals surface area contributed by atoms with E-state index in [-0.39, 0.29) is 5.91 Å². The maximum Gasteiger partial charge on any atom is 0.225 e. The van der Waals surface area contributed by atoms with E-state index < -0.39 is 0 Å². The molecule has 78 valence electrons. The van der Waals surface area contributed by atoms with E-state index in [2.05, 4.69) is 9.97 Å². The van der Waals surface area contributed by atoms with Gasteiger partial charge in [-0.05, 0) is 0 Å². The molecule has 0 aliphatic rings. The highest BCUT2D eigenvalue weighted by Gasteiger charge is 2.09. The summed E-state index contributed by atoms with van der Waals surface area (Å²) in [5, 5.41) is 0. The third kappa shape index (κ3) is 3.18. The number of rotatable bonds is 5. The van der Waals surface area contributed by atoms with E-state index in [1.165, 1.54) is 0 Å². The SMILES string of the molecule is COCCC(=O)N(C)Cc1ncc[nH]1. The van der Waals surface area contributed by atoms with Crippen LogP contribution in [0.5, 0.6) is 0 Å². The normalized spacial score (nSPS) is 10.1. The van der Waals surface area contributed by atoms with Gasteiger partial charge >= 0.3 is 0 Å². The summed E-state index contributed by atoms with van der Waals surface area (Å²) in [4.78, 5) is 20.0. The first-order chi connectivity index (χ1) is 6.74. The quantitative estimate of drug-likeness (QED) is 0.743. The summed E-state index contributed by atoms with van der Waals surface area (Å²) in [5.41, 5.74) is 0. The maximum atomic E-state index is 11.4. The number of ether oxygens (including phenoxy) is 1. The van der Waals surface area contributed by atoms with Crippen molar-refractivity contribution in [1.29, 1.82) is 0 Å². The molecule has 5 nitrogen and oxygen atoms in total. The average molecular weight is 197 g/mol. The molecule has 1 aromatic rings. The molecule has 1 rings (SSSR count). The summed E-state index contributed by atoms with van der Waals surface area (Å²) in [6.45, 7) is 0.969. The maximum absolute atomic E-state index is 11.4. The van der Waals surface area contributed by atoms with E-state index in [0.29, 0.717) is 19.6 Å². The van der Waals surface area contributed by atoms with Gasteiger partial charge in [-0.3, -0.25) is 4.79 Å². The standard InChI is InChI=1S/C9H15N3O2/c1-12(9(13)3-6-14-2)7-8-10-4-5-11-8/h4-5H,3,6-7H2,1-2H3,(H,10,11). The molecule has 5 heteroatoms. The number of aromatic amines is 1. The van der Waals surface area contributed by atoms with E-state index in [1.807, 2.05) is 0 Å². The van der Waals surface area contributed by atoms with Crippen molar-refractivity contribution in [2.75, 3.05) is 20.8 Å². The number of carbonyl (C=O) groups excluding carboxylic acids is 1. The van der Waals surface area contributed by atoms with Crippen molar-refractivity contribution in [2.24, 2.45) is 0 Å². The van der Waals surface area contributed by atoms with Gasteiger partial charge < -0.3 is 14.6 Å². The van der Waals surface area contributed by atoms with Crippen LogP contribution in [0.15, 0.2) is 12.4 Å². The number of hydrogen-bond donors (Lipinski definition) is 1. The van der Waals surface area contributed by atoms with Gasteiger partial charge in [0.2, 0.25) is 5.91 Å². The van der Waals surface area contributed by atoms with Gasteiger partial charge in [0.05, 0.1) is 19.6 Å². The Morgan fingerprint density at radius 1 is 1.71 bits per heavy atom. The van der Waals surface area contributed by atoms with E-state index in [1.54, 1.807) is 31.5 Å². The first-order valence-corrected chi connectivity index (χ1v) is 4.45. The highest BCUT2D eigenvalue weighted by atomic mass is 16.5. The first-order valence-electron chi connectivity index (χ1n) is 4.45. The highest BCUT2D eigenvalue weighted by Crippen LogP contribution is 1.98. The zero-order valence-corrected chi connectivity index (χ0v) is 8.49. The Morgan fingerprint density at radius 2 is 2.50 bits per heavy atom. The summed E-state index contributed by atoms with van der Waals surface area (Å²) >= 11 is 0. The van der Waals surface area contributed by atoms with Crippen LogP contribution in [0, 0.1) is 0 Å². The second kappa shape index (κ2) is 5.39. The van der Waals surface area contributed by atoms with Crippen LogP contribution in [-0.4, -0.2) is 41.5 Å². The topological polar surface area (TPSA) is 58.2 Å². The van der Waals surface area contributed by atoms with Crippen molar-refractivity contribution in [1.82, 2.24) is 14.9 Å². The Balaban J connectivity index is 2.34. The molecule has 0 aliphatic heterocycles. The summed E-state index contributed by atoms with van der Waals surface area (Å²) in [5.74, 6) is 0.849. The summed E-state index contributed by atoms with van der Waals surface area (Å²) in [6.07, 6.45) is 3.82. The van der Waals surface area contributed by atoms with Crippen LogP contribution in [0.2, 0.25) is 0 Å². The molecule has 1 amide bonds. The van der Waals surface area contributed by atoms with Crippen molar-refractivity contribution in [3.63, 3.8) is 0 Å². The van der Waals surface area contributed by atoms with Crippen LogP contribution < -0.4 is 0 Å². The lowest BCUT2D eigenvalue weighted by Gasteiger charge is -2.15. The average Bonchev–Trinajstić information content (AvgIpc) is 2.66. The lowest BCUT2D eigenvalue weighted by Crippen LogP contribution is -2.27. The summed E-state index contributed by atoms with van der Waals surface area (Å²) in [6, 6.07) is 0. The second-order valence-electron chi connectivity index (χ2n) is 3.03. The van der Waals surface area contributed by atoms with Crippen molar-refractivity contribution < 1.29 is 9.53 Å². The van der Waals surface area contributed by atoms with Gasteiger partial charge in [-0.1, -0.05) is 0 Å². The first kappa shape index (κ1) is 10.7. The van der Waals surface area contributed by atoms with Gasteiger partial charge in [0.1, 0.15) is 5.82 Å². The molecule has 0 radical (unpaired) electrons. The summed E-state index contributed by atoms with van der Waals surface area (Å²) in [7, 11) is 3.33. The van der Waals surface area contributed by atoms with Crippen LogP contribution in [0.3, 0.4) is 0 Å². The van der Waals surface area contributed by atoms with E-state index >= 15 is 0 Å². The molecule has 0 fully saturated rings. The fourth-order valence-electron chi connectivity index (χ4n) is 1.08. The third-order valence-corrected chi connectivity index (χ3v) is 1.89. The van der Waals surface area contributed by atoms with Crippen molar-refractivity contribution >= 4 is 5.91 Å². The molecule has 1 N–H and O–H groups in total. The number of carbonyl (C=O) groups is 1. The number of hydrogen-bond acceptors (Lipinski definition) is 3. The van der Waals surface area contributed by atoms with Crippen molar-refractivity contribution in [3.8, 4) is 0 Å². The van der Waals surface area contributed by atoms with E-state index in [0.717, 1.165) is 5.82 Å². The summed E-state index contributed by atoms with van der Waals surface area (Å²) < 4.78 is 4.83. The molecule has 0 saturated heterocycles. The van der Waals surface area contributed by atoms with Crippen molar-refractivity contribution in [2.45, 2.75) is 13.0 Å². The number of imidazole rings is 1. The zero-order chi connectivity index (χ0) is 10.4. The van der Waals surface area contributed by atoms with Crippen LogP contribution in [0.1, 0.15) is 12.2 Å². The number of nitrogens with zero attached hydrogens (tertiary/aromatic N) is 2. The second-order valence-corrected chi connectivity index (χ2v) is 3.03. The monoisotopic (exact) mass is 197 g/mol. The molecule has 1 heterocycles. The Morgan fingerprint density at radius 3 is 3.07 bits per heavy atom. The largest absolute Gasteiger partial charge is 0.384 e. The minimum Gasteiger partial charge on any atom is -0.384 e. The van der Waals surface area contributed by atoms with Crippen LogP contribution in [-0.2, 0) is 16.1 Å². The molecule has 0 aliphatic carbocycles. The molecular weight excluding hydrogens is 182 g/mol. The van der Waals surface area contributed by atoms with Gasteiger partial charge in [-0.25, -0.2) is 4.98 Å². The molecule has 0 saturated carbocycles. The molecule has 0 bridgehead atoms. The zero-order valence-electron chi connectivity index (χ0n) is 8.49. The number of H-pyrrole nitrogens is 1. The Labute approximate surface area is 83.1 Å². The number of aromatic nitrogens is 2. The molecular formula is C9H15N3O2. The number of amides is 1. The molecule has 0 atom stereocenters. The lowest BCUT2D eigenvalue weighted by molar-refractivity contribution is -0.131. The van der Waals surface area contributed by atoms with E-state index in [4.69, 9.17) is 4.74 Å². The van der Waals surface area contributed by atoms with Crippen LogP contribution in [0.4, 0.5) is 0 Å². The Kier molecular flexibility index (Phi) is 4.12. The molecule has 0 unspecified atom stereocenters. The fourth-order valence-corrected chi connectivity index (χ4v) is 1.08. The van der Waals surface area contributed by atoms with Crippen molar-refractivity contribution in [3.05, 3.63) is 18.2 Å². The van der Waals surface area contributed by atoms with Crippen LogP contribution in [0.25, 0.3) is 0 Å². The predicted octanol–water partition coefficient (Wildman–Crippen LogP) is 0.405. The Hall–Kier alpha value is -1.36. The van der Waals surface area contributed by atoms with Crippen LogP contribution >= 0.6 is 0 Å². The third-order valence-electron chi connectivity index (χ3n) is 1.89.